The van der Waals surface area contributed by atoms with Crippen LogP contribution in [0.25, 0.3) is 0 Å². The van der Waals surface area contributed by atoms with Gasteiger partial charge in [0.2, 0.25) is 5.60 Å². The predicted octanol–water partition coefficient (Wildman–Crippen LogP) is 14.9. The molecular formula is C81H130F8O22. The van der Waals surface area contributed by atoms with E-state index in [1.54, 1.807) is 20.8 Å². The summed E-state index contributed by atoms with van der Waals surface area (Å²) in [7, 11) is 0. The molecule has 2 saturated heterocycles. The van der Waals surface area contributed by atoms with E-state index in [1.807, 2.05) is 111 Å². The van der Waals surface area contributed by atoms with E-state index in [0.29, 0.717) is 82.5 Å². The van der Waals surface area contributed by atoms with E-state index in [4.69, 9.17) is 28.4 Å². The first-order valence-electron chi connectivity index (χ1n) is 39.3. The number of halogens is 8. The summed E-state index contributed by atoms with van der Waals surface area (Å²) in [5.41, 5.74) is -14.5. The second-order valence-electron chi connectivity index (χ2n) is 38.8. The Morgan fingerprint density at radius 3 is 1.26 bits per heavy atom. The van der Waals surface area contributed by atoms with E-state index in [9.17, 15) is 99.0 Å². The number of alkyl halides is 8. The fourth-order valence-electron chi connectivity index (χ4n) is 16.8. The van der Waals surface area contributed by atoms with Crippen molar-refractivity contribution < 1.29 is 142 Å². The second-order valence-corrected chi connectivity index (χ2v) is 38.8. The minimum atomic E-state index is -5.74. The third-order valence-electron chi connectivity index (χ3n) is 26.4. The zero-order chi connectivity index (χ0) is 85.6. The minimum Gasteiger partial charge on any atom is -0.462 e. The Kier molecular flexibility index (Phi) is 28.8. The van der Waals surface area contributed by atoms with Crippen molar-refractivity contribution >= 4 is 47.8 Å². The molecule has 0 amide bonds. The van der Waals surface area contributed by atoms with Gasteiger partial charge < -0.3 is 68.2 Å². The van der Waals surface area contributed by atoms with Crippen LogP contribution < -0.4 is 0 Å². The Hall–Kier alpha value is -5.04. The van der Waals surface area contributed by atoms with Crippen molar-refractivity contribution in [2.45, 2.75) is 382 Å². The highest BCUT2D eigenvalue weighted by Crippen LogP contribution is 2.73. The summed E-state index contributed by atoms with van der Waals surface area (Å²) in [5.74, 6) is -13.2. The van der Waals surface area contributed by atoms with Gasteiger partial charge in [0.1, 0.15) is 35.6 Å². The van der Waals surface area contributed by atoms with Crippen LogP contribution in [0.1, 0.15) is 301 Å². The summed E-state index contributed by atoms with van der Waals surface area (Å²) in [6.45, 7) is 37.0. The lowest BCUT2D eigenvalue weighted by atomic mass is 9.37. The molecule has 9 saturated carbocycles. The highest BCUT2D eigenvalue weighted by atomic mass is 19.4. The fourth-order valence-corrected chi connectivity index (χ4v) is 16.8. The van der Waals surface area contributed by atoms with Crippen molar-refractivity contribution in [2.24, 2.45) is 61.6 Å². The predicted molar refractivity (Wildman–Crippen MR) is 388 cm³/mol. The highest BCUT2D eigenvalue weighted by molar-refractivity contribution is 5.83. The number of esters is 8. The van der Waals surface area contributed by atoms with Gasteiger partial charge in [-0.3, -0.25) is 28.8 Å². The molecule has 0 spiro atoms. The third kappa shape index (κ3) is 21.4. The van der Waals surface area contributed by atoms with Gasteiger partial charge in [-0.25, -0.2) is 9.59 Å². The molecule has 11 rings (SSSR count). The lowest BCUT2D eigenvalue weighted by molar-refractivity contribution is -0.409. The number of rotatable bonds is 22. The number of carbonyl (C=O) groups is 8. The highest BCUT2D eigenvalue weighted by Gasteiger charge is 2.83. The summed E-state index contributed by atoms with van der Waals surface area (Å²) in [6, 6.07) is 0. The van der Waals surface area contributed by atoms with Crippen molar-refractivity contribution in [1.29, 1.82) is 0 Å². The van der Waals surface area contributed by atoms with Crippen molar-refractivity contribution in [3.8, 4) is 0 Å². The van der Waals surface area contributed by atoms with E-state index in [2.05, 4.69) is 14.2 Å². The molecule has 8 unspecified atom stereocenters. The maximum atomic E-state index is 14.0. The van der Waals surface area contributed by atoms with Gasteiger partial charge in [0.25, 0.3) is 5.60 Å². The number of carbonyl (C=O) groups excluding carboxylic acids is 8. The molecule has 5 N–H and O–H groups in total. The third-order valence-corrected chi connectivity index (χ3v) is 26.4. The number of ether oxygens (including phenoxy) is 9. The molecule has 8 bridgehead atoms. The number of aliphatic hydroxyl groups is 5. The van der Waals surface area contributed by atoms with Crippen LogP contribution in [0.3, 0.4) is 0 Å². The van der Waals surface area contributed by atoms with E-state index >= 15 is 0 Å². The monoisotopic (exact) mass is 1610 g/mol. The number of cyclic esters (lactones) is 1. The van der Waals surface area contributed by atoms with Gasteiger partial charge in [-0.1, -0.05) is 34.6 Å². The normalized spacial score (nSPS) is 32.2. The molecule has 642 valence electrons. The molecule has 11 fully saturated rings. The molecule has 22 nitrogen and oxygen atoms in total. The Morgan fingerprint density at radius 2 is 0.892 bits per heavy atom. The van der Waals surface area contributed by atoms with Crippen molar-refractivity contribution in [1.82, 2.24) is 0 Å². The first-order chi connectivity index (χ1) is 49.9. The fraction of sp³-hybridized carbons (Fsp3) is 0.901. The molecule has 0 aromatic rings. The lowest BCUT2D eigenvalue weighted by Crippen LogP contribution is -2.70. The van der Waals surface area contributed by atoms with Crippen molar-refractivity contribution in [2.75, 3.05) is 19.8 Å². The topological polar surface area (TPSA) is 321 Å². The summed E-state index contributed by atoms with van der Waals surface area (Å²) in [5, 5.41) is 51.3. The molecule has 11 aliphatic rings. The molecule has 30 heteroatoms. The van der Waals surface area contributed by atoms with Crippen LogP contribution in [-0.4, -0.2) is 174 Å². The first kappa shape index (κ1) is 96.5. The zero-order valence-corrected chi connectivity index (χ0v) is 69.8. The average Bonchev–Trinajstić information content (AvgIpc) is 1.31. The van der Waals surface area contributed by atoms with Crippen LogP contribution in [0.4, 0.5) is 35.1 Å². The first-order valence-corrected chi connectivity index (χ1v) is 39.3. The van der Waals surface area contributed by atoms with E-state index in [0.717, 1.165) is 64.2 Å². The molecule has 0 aromatic heterocycles. The summed E-state index contributed by atoms with van der Waals surface area (Å²) >= 11 is 0. The van der Waals surface area contributed by atoms with E-state index in [-0.39, 0.29) is 90.8 Å². The van der Waals surface area contributed by atoms with Crippen LogP contribution in [0, 0.1) is 61.6 Å². The number of hydrogen-bond acceptors (Lipinski definition) is 22. The molecular weight excluding hydrogens is 1480 g/mol. The van der Waals surface area contributed by atoms with E-state index < -0.39 is 121 Å². The molecule has 8 atom stereocenters. The van der Waals surface area contributed by atoms with Crippen molar-refractivity contribution in [3.05, 3.63) is 0 Å². The number of hydrogen-bond donors (Lipinski definition) is 5. The smallest absolute Gasteiger partial charge is 0.449 e. The second kappa shape index (κ2) is 33.2. The largest absolute Gasteiger partial charge is 0.462 e. The van der Waals surface area contributed by atoms with Gasteiger partial charge in [0, 0.05) is 17.3 Å². The molecule has 2 aliphatic heterocycles. The maximum Gasteiger partial charge on any atom is 0.449 e. The maximum absolute atomic E-state index is 14.0. The Morgan fingerprint density at radius 1 is 0.495 bits per heavy atom. The van der Waals surface area contributed by atoms with E-state index in [1.165, 1.54) is 20.3 Å². The Balaban J connectivity index is 0.000000254. The van der Waals surface area contributed by atoms with Gasteiger partial charge in [-0.2, -0.15) is 35.1 Å². The summed E-state index contributed by atoms with van der Waals surface area (Å²) in [6.07, 6.45) is 4.86. The molecule has 111 heavy (non-hydrogen) atoms. The SMILES string of the molecule is CCC(C)(C)C(=O)OC1(C)COC(O)(C(F)(F)F)C1(F)F.CCC(C)(C)C(=O)OC12CC3CC(C(C)(C)O)(C1)CC(C(C)(C)O)(C3)C2.CCC(C)(C)C(=O)OC12CC3CC(CC(O)(C3)C1)C2.CCC(C)(C)C(=O)OC1CCC(C(C)(C)OC(=O)COC(=O)C(C)(O)C(F)(F)F)CC1.CCC(C)(C)C(=O)OC1COC(=O)C1. The Bertz CT molecular complexity index is 3270. The minimum absolute atomic E-state index is 0.0698. The van der Waals surface area contributed by atoms with Gasteiger partial charge in [-0.05, 0) is 277 Å². The Labute approximate surface area is 650 Å². The van der Waals surface area contributed by atoms with Crippen LogP contribution in [-0.2, 0) is 81.0 Å². The van der Waals surface area contributed by atoms with Gasteiger partial charge in [0.15, 0.2) is 6.61 Å². The van der Waals surface area contributed by atoms with Crippen LogP contribution in [0.2, 0.25) is 0 Å². The standard InChI is InChI=1S/C22H38O4.C21H33F3O7.C16H26O3.C12H17F5O4.C10H16O4/c1-8-17(2,3)16(23)26-22-11-15-9-20(13-22,18(4,5)24)12-21(10-15,14-22)19(6,7)25;1-7-18(2,3)16(26)30-14-10-8-13(9-11-14)19(4,5)31-15(25)12-29-17(27)20(6,28)21(22,23)24;1-4-14(2,3)13(17)19-16-8-11-5-12(9-16)7-15(18,6-11)10-16;1-5-8(2,3)7(18)21-9(4)6-20-11(19,10(9,13)14)12(15,16)17;1-4-10(2,3)9(12)14-7-5-8(11)13-6-7/h15,24-25H,8-14H2,1-7H3;13-14,28H,7-12H2,1-6H3;11-12,18H,4-10H2,1-3H3;19H,5-6H2,1-4H3;7H,4-6H2,1-3H3. The summed E-state index contributed by atoms with van der Waals surface area (Å²) < 4.78 is 150. The average molecular weight is 1610 g/mol. The quantitative estimate of drug-likeness (QED) is 0.0382. The van der Waals surface area contributed by atoms with Crippen LogP contribution in [0.5, 0.6) is 0 Å². The molecule has 9 aliphatic carbocycles. The van der Waals surface area contributed by atoms with Crippen LogP contribution in [0.15, 0.2) is 0 Å². The molecule has 0 aromatic carbocycles. The summed E-state index contributed by atoms with van der Waals surface area (Å²) in [4.78, 5) is 95.2. The van der Waals surface area contributed by atoms with Gasteiger partial charge in [-0.15, -0.1) is 0 Å². The molecule has 0 radical (unpaired) electrons. The zero-order valence-electron chi connectivity index (χ0n) is 69.8. The van der Waals surface area contributed by atoms with Crippen LogP contribution >= 0.6 is 0 Å². The van der Waals surface area contributed by atoms with Gasteiger partial charge in [0.05, 0.1) is 56.9 Å². The lowest BCUT2D eigenvalue weighted by Gasteiger charge is -2.70. The van der Waals surface area contributed by atoms with Gasteiger partial charge >= 0.3 is 71.8 Å². The molecule has 2 heterocycles. The van der Waals surface area contributed by atoms with Crippen molar-refractivity contribution in [3.63, 3.8) is 0 Å².